The Balaban J connectivity index is 1.76. The van der Waals surface area contributed by atoms with E-state index < -0.39 is 0 Å². The van der Waals surface area contributed by atoms with Crippen molar-refractivity contribution in [1.82, 2.24) is 20.6 Å². The van der Waals surface area contributed by atoms with Gasteiger partial charge < -0.3 is 5.32 Å². The van der Waals surface area contributed by atoms with Gasteiger partial charge in [-0.25, -0.2) is 0 Å². The number of H-pyrrole nitrogens is 1. The quantitative estimate of drug-likeness (QED) is 0.724. The van der Waals surface area contributed by atoms with E-state index in [0.717, 1.165) is 5.56 Å². The fraction of sp³-hybridized carbons (Fsp3) is 0.111. The fourth-order valence-electron chi connectivity index (χ4n) is 2.28. The molecular weight excluding hydrogens is 302 g/mol. The molecule has 0 fully saturated rings. The molecule has 6 heteroatoms. The maximum absolute atomic E-state index is 12.2. The number of aromatic nitrogens is 4. The monoisotopic (exact) mass is 319 g/mol. The Morgan fingerprint density at radius 1 is 1.12 bits per heavy atom. The summed E-state index contributed by atoms with van der Waals surface area (Å²) in [5.74, 6) is 0.216. The third-order valence-corrected chi connectivity index (χ3v) is 3.73. The maximum atomic E-state index is 12.2. The molecule has 3 aromatic rings. The minimum absolute atomic E-state index is 0.218. The van der Waals surface area contributed by atoms with Crippen LogP contribution >= 0.6 is 0 Å². The van der Waals surface area contributed by atoms with Gasteiger partial charge in [-0.3, -0.25) is 4.79 Å². The van der Waals surface area contributed by atoms with Crippen molar-refractivity contribution in [1.29, 1.82) is 0 Å². The molecule has 3 rings (SSSR count). The van der Waals surface area contributed by atoms with Gasteiger partial charge in [0.1, 0.15) is 0 Å². The lowest BCUT2D eigenvalue weighted by Crippen LogP contribution is -2.09. The van der Waals surface area contributed by atoms with Crippen molar-refractivity contribution >= 4 is 17.7 Å². The zero-order valence-corrected chi connectivity index (χ0v) is 13.4. The summed E-state index contributed by atoms with van der Waals surface area (Å²) >= 11 is 0. The lowest BCUT2D eigenvalue weighted by atomic mass is 10.1. The van der Waals surface area contributed by atoms with Gasteiger partial charge >= 0.3 is 0 Å². The van der Waals surface area contributed by atoms with Gasteiger partial charge in [0, 0.05) is 11.6 Å². The molecule has 1 aromatic heterocycles. The Morgan fingerprint density at radius 2 is 1.96 bits per heavy atom. The number of carbonyl (C=O) groups is 1. The molecule has 120 valence electrons. The Hall–Kier alpha value is -3.28. The lowest BCUT2D eigenvalue weighted by Gasteiger charge is -2.06. The summed E-state index contributed by atoms with van der Waals surface area (Å²) in [6, 6.07) is 13.4. The first-order chi connectivity index (χ1) is 11.6. The van der Waals surface area contributed by atoms with Gasteiger partial charge in [-0.15, -0.1) is 10.2 Å². The normalized spacial score (nSPS) is 10.9. The highest BCUT2D eigenvalue weighted by molar-refractivity contribution is 6.03. The van der Waals surface area contributed by atoms with E-state index in [1.807, 2.05) is 43.3 Å². The van der Waals surface area contributed by atoms with Gasteiger partial charge in [0.15, 0.2) is 0 Å². The highest BCUT2D eigenvalue weighted by Gasteiger charge is 2.09. The molecular formula is C18H17N5O. The van der Waals surface area contributed by atoms with E-state index in [2.05, 4.69) is 32.9 Å². The molecule has 0 unspecified atom stereocenters. The summed E-state index contributed by atoms with van der Waals surface area (Å²) in [4.78, 5) is 12.2. The van der Waals surface area contributed by atoms with E-state index in [0.29, 0.717) is 17.1 Å². The van der Waals surface area contributed by atoms with Crippen LogP contribution in [-0.4, -0.2) is 26.5 Å². The molecule has 1 heterocycles. The smallest absolute Gasteiger partial charge is 0.248 e. The summed E-state index contributed by atoms with van der Waals surface area (Å²) < 4.78 is 0. The SMILES string of the molecule is Cc1ccc(/C=C/C(=O)Nc2ccccc2-c2nn[nH]n2)cc1C. The number of carbonyl (C=O) groups excluding carboxylic acids is 1. The van der Waals surface area contributed by atoms with Crippen LogP contribution in [0.2, 0.25) is 0 Å². The average Bonchev–Trinajstić information content (AvgIpc) is 3.11. The van der Waals surface area contributed by atoms with E-state index in [4.69, 9.17) is 0 Å². The Morgan fingerprint density at radius 3 is 2.71 bits per heavy atom. The molecule has 2 aromatic carbocycles. The van der Waals surface area contributed by atoms with Crippen LogP contribution in [-0.2, 0) is 4.79 Å². The van der Waals surface area contributed by atoms with E-state index in [-0.39, 0.29) is 5.91 Å². The second-order valence-electron chi connectivity index (χ2n) is 5.45. The van der Waals surface area contributed by atoms with Crippen LogP contribution in [0.4, 0.5) is 5.69 Å². The Bertz CT molecular complexity index is 884. The molecule has 0 spiro atoms. The van der Waals surface area contributed by atoms with Crippen LogP contribution in [0.1, 0.15) is 16.7 Å². The summed E-state index contributed by atoms with van der Waals surface area (Å²) in [6.45, 7) is 4.11. The van der Waals surface area contributed by atoms with Crippen molar-refractivity contribution in [2.75, 3.05) is 5.32 Å². The second kappa shape index (κ2) is 6.87. The van der Waals surface area contributed by atoms with Gasteiger partial charge in [-0.1, -0.05) is 30.3 Å². The van der Waals surface area contributed by atoms with E-state index in [9.17, 15) is 4.79 Å². The first kappa shape index (κ1) is 15.6. The topological polar surface area (TPSA) is 83.6 Å². The number of aryl methyl sites for hydroxylation is 2. The third kappa shape index (κ3) is 3.55. The van der Waals surface area contributed by atoms with Crippen molar-refractivity contribution in [2.45, 2.75) is 13.8 Å². The minimum atomic E-state index is -0.218. The van der Waals surface area contributed by atoms with Gasteiger partial charge in [-0.05, 0) is 54.0 Å². The number of anilines is 1. The molecule has 0 aliphatic heterocycles. The molecule has 6 nitrogen and oxygen atoms in total. The number of nitrogens with one attached hydrogen (secondary N) is 2. The number of benzene rings is 2. The van der Waals surface area contributed by atoms with Crippen molar-refractivity contribution in [3.8, 4) is 11.4 Å². The third-order valence-electron chi connectivity index (χ3n) is 3.73. The van der Waals surface area contributed by atoms with Gasteiger partial charge in [0.25, 0.3) is 0 Å². The van der Waals surface area contributed by atoms with Crippen molar-refractivity contribution in [2.24, 2.45) is 0 Å². The Labute approximate surface area is 139 Å². The summed E-state index contributed by atoms with van der Waals surface area (Å²) in [6.07, 6.45) is 3.30. The standard InChI is InChI=1S/C18H17N5O/c1-12-7-8-14(11-13(12)2)9-10-17(24)19-16-6-4-3-5-15(16)18-20-22-23-21-18/h3-11H,1-2H3,(H,19,24)(H,20,21,22,23)/b10-9+. The number of hydrogen-bond donors (Lipinski definition) is 2. The molecule has 0 aliphatic carbocycles. The Kier molecular flexibility index (Phi) is 4.47. The molecule has 0 atom stereocenters. The molecule has 0 aliphatic rings. The predicted octanol–water partition coefficient (Wildman–Crippen LogP) is 3.14. The second-order valence-corrected chi connectivity index (χ2v) is 5.45. The number of para-hydroxylation sites is 1. The van der Waals surface area contributed by atoms with Crippen LogP contribution < -0.4 is 5.32 Å². The predicted molar refractivity (Wildman–Crippen MR) is 93.2 cm³/mol. The number of rotatable bonds is 4. The van der Waals surface area contributed by atoms with Crippen molar-refractivity contribution < 1.29 is 4.79 Å². The van der Waals surface area contributed by atoms with E-state index >= 15 is 0 Å². The zero-order chi connectivity index (χ0) is 16.9. The van der Waals surface area contributed by atoms with Gasteiger partial charge in [0.2, 0.25) is 11.7 Å². The molecule has 1 amide bonds. The molecule has 0 saturated heterocycles. The number of tetrazole rings is 1. The molecule has 2 N–H and O–H groups in total. The molecule has 0 bridgehead atoms. The van der Waals surface area contributed by atoms with E-state index in [1.54, 1.807) is 12.1 Å². The van der Waals surface area contributed by atoms with Crippen LogP contribution in [0.15, 0.2) is 48.5 Å². The van der Waals surface area contributed by atoms with Crippen LogP contribution in [0, 0.1) is 13.8 Å². The van der Waals surface area contributed by atoms with Crippen LogP contribution in [0.5, 0.6) is 0 Å². The number of hydrogen-bond acceptors (Lipinski definition) is 4. The average molecular weight is 319 g/mol. The van der Waals surface area contributed by atoms with Crippen LogP contribution in [0.25, 0.3) is 17.5 Å². The fourth-order valence-corrected chi connectivity index (χ4v) is 2.28. The molecule has 24 heavy (non-hydrogen) atoms. The highest BCUT2D eigenvalue weighted by Crippen LogP contribution is 2.23. The first-order valence-corrected chi connectivity index (χ1v) is 7.52. The lowest BCUT2D eigenvalue weighted by molar-refractivity contribution is -0.111. The summed E-state index contributed by atoms with van der Waals surface area (Å²) in [5.41, 5.74) is 4.75. The largest absolute Gasteiger partial charge is 0.322 e. The van der Waals surface area contributed by atoms with E-state index in [1.165, 1.54) is 17.2 Å². The minimum Gasteiger partial charge on any atom is -0.322 e. The molecule has 0 saturated carbocycles. The number of amides is 1. The highest BCUT2D eigenvalue weighted by atomic mass is 16.1. The van der Waals surface area contributed by atoms with Gasteiger partial charge in [0.05, 0.1) is 5.69 Å². The number of nitrogens with zero attached hydrogens (tertiary/aromatic N) is 3. The van der Waals surface area contributed by atoms with Gasteiger partial charge in [-0.2, -0.15) is 5.21 Å². The maximum Gasteiger partial charge on any atom is 0.248 e. The van der Waals surface area contributed by atoms with Crippen molar-refractivity contribution in [3.05, 3.63) is 65.2 Å². The zero-order valence-electron chi connectivity index (χ0n) is 13.4. The summed E-state index contributed by atoms with van der Waals surface area (Å²) in [5, 5.41) is 16.7. The van der Waals surface area contributed by atoms with Crippen LogP contribution in [0.3, 0.4) is 0 Å². The first-order valence-electron chi connectivity index (χ1n) is 7.52. The summed E-state index contributed by atoms with van der Waals surface area (Å²) in [7, 11) is 0. The number of aromatic amines is 1. The molecule has 0 radical (unpaired) electrons. The van der Waals surface area contributed by atoms with Crippen molar-refractivity contribution in [3.63, 3.8) is 0 Å².